The third-order valence-electron chi connectivity index (χ3n) is 3.29. The van der Waals surface area contributed by atoms with Gasteiger partial charge >= 0.3 is 0 Å². The number of benzene rings is 2. The summed E-state index contributed by atoms with van der Waals surface area (Å²) >= 11 is 0. The smallest absolute Gasteiger partial charge is 0.224 e. The van der Waals surface area contributed by atoms with E-state index in [2.05, 4.69) is 5.32 Å². The van der Waals surface area contributed by atoms with Gasteiger partial charge in [0.2, 0.25) is 5.91 Å². The van der Waals surface area contributed by atoms with Crippen LogP contribution < -0.4 is 10.1 Å². The maximum absolute atomic E-state index is 13.4. The van der Waals surface area contributed by atoms with Gasteiger partial charge in [-0.1, -0.05) is 12.1 Å². The first kappa shape index (κ1) is 17.9. The molecule has 1 N–H and O–H groups in total. The molecule has 0 aromatic heterocycles. The van der Waals surface area contributed by atoms with Gasteiger partial charge in [-0.2, -0.15) is 0 Å². The zero-order valence-electron chi connectivity index (χ0n) is 13.4. The van der Waals surface area contributed by atoms with Crippen molar-refractivity contribution in [1.82, 2.24) is 0 Å². The molecule has 6 heteroatoms. The number of hydrogen-bond donors (Lipinski definition) is 1. The SMILES string of the molecule is COCCOc1ccc(F)cc1NC(=O)CCc1cccc(F)c1. The number of methoxy groups -OCH3 is 1. The first-order valence-corrected chi connectivity index (χ1v) is 7.54. The van der Waals surface area contributed by atoms with Crippen molar-refractivity contribution in [2.45, 2.75) is 12.8 Å². The molecule has 128 valence electrons. The largest absolute Gasteiger partial charge is 0.489 e. The highest BCUT2D eigenvalue weighted by Crippen LogP contribution is 2.25. The Balaban J connectivity index is 1.96. The van der Waals surface area contributed by atoms with Crippen LogP contribution in [0.2, 0.25) is 0 Å². The molecule has 2 rings (SSSR count). The first-order chi connectivity index (χ1) is 11.6. The first-order valence-electron chi connectivity index (χ1n) is 7.54. The highest BCUT2D eigenvalue weighted by Gasteiger charge is 2.10. The number of halogens is 2. The van der Waals surface area contributed by atoms with Crippen LogP contribution in [-0.2, 0) is 16.0 Å². The number of hydrogen-bond acceptors (Lipinski definition) is 3. The Morgan fingerprint density at radius 1 is 1.08 bits per heavy atom. The lowest BCUT2D eigenvalue weighted by Crippen LogP contribution is -2.14. The molecule has 0 bridgehead atoms. The van der Waals surface area contributed by atoms with Gasteiger partial charge in [-0.3, -0.25) is 4.79 Å². The molecular formula is C18H19F2NO3. The summed E-state index contributed by atoms with van der Waals surface area (Å²) in [5.41, 5.74) is 0.983. The van der Waals surface area contributed by atoms with Crippen molar-refractivity contribution in [3.8, 4) is 5.75 Å². The molecule has 0 aliphatic carbocycles. The molecule has 0 unspecified atom stereocenters. The molecule has 0 fully saturated rings. The van der Waals surface area contributed by atoms with Crippen molar-refractivity contribution in [2.75, 3.05) is 25.6 Å². The number of amides is 1. The Bertz CT molecular complexity index is 692. The normalized spacial score (nSPS) is 10.5. The molecule has 0 saturated heterocycles. The predicted molar refractivity (Wildman–Crippen MR) is 87.1 cm³/mol. The molecule has 0 heterocycles. The fourth-order valence-corrected chi connectivity index (χ4v) is 2.12. The van der Waals surface area contributed by atoms with Gasteiger partial charge in [-0.05, 0) is 36.2 Å². The van der Waals surface area contributed by atoms with Crippen LogP contribution in [0.4, 0.5) is 14.5 Å². The molecule has 4 nitrogen and oxygen atoms in total. The van der Waals surface area contributed by atoms with E-state index in [0.29, 0.717) is 18.8 Å². The number of nitrogens with one attached hydrogen (secondary N) is 1. The number of aryl methyl sites for hydroxylation is 1. The summed E-state index contributed by atoms with van der Waals surface area (Å²) in [7, 11) is 1.54. The summed E-state index contributed by atoms with van der Waals surface area (Å²) in [5.74, 6) is -0.754. The topological polar surface area (TPSA) is 47.6 Å². The van der Waals surface area contributed by atoms with Crippen LogP contribution in [-0.4, -0.2) is 26.2 Å². The van der Waals surface area contributed by atoms with E-state index in [9.17, 15) is 13.6 Å². The molecule has 24 heavy (non-hydrogen) atoms. The minimum absolute atomic E-state index is 0.150. The van der Waals surface area contributed by atoms with Crippen molar-refractivity contribution in [3.05, 3.63) is 59.7 Å². The molecule has 1 amide bonds. The van der Waals surface area contributed by atoms with E-state index in [1.165, 1.54) is 30.3 Å². The summed E-state index contributed by atoms with van der Waals surface area (Å²) in [4.78, 5) is 12.1. The van der Waals surface area contributed by atoms with Crippen molar-refractivity contribution >= 4 is 11.6 Å². The van der Waals surface area contributed by atoms with E-state index in [0.717, 1.165) is 5.56 Å². The summed E-state index contributed by atoms with van der Waals surface area (Å²) in [6.07, 6.45) is 0.538. The predicted octanol–water partition coefficient (Wildman–Crippen LogP) is 3.56. The van der Waals surface area contributed by atoms with Gasteiger partial charge in [0, 0.05) is 19.6 Å². The third kappa shape index (κ3) is 5.62. The lowest BCUT2D eigenvalue weighted by atomic mass is 10.1. The molecule has 0 aliphatic rings. The van der Waals surface area contributed by atoms with Crippen molar-refractivity contribution in [1.29, 1.82) is 0 Å². The fourth-order valence-electron chi connectivity index (χ4n) is 2.12. The zero-order valence-corrected chi connectivity index (χ0v) is 13.4. The average Bonchev–Trinajstić information content (AvgIpc) is 2.55. The number of rotatable bonds is 8. The van der Waals surface area contributed by atoms with Crippen LogP contribution in [0.1, 0.15) is 12.0 Å². The van der Waals surface area contributed by atoms with Gasteiger partial charge in [0.15, 0.2) is 0 Å². The molecule has 0 aliphatic heterocycles. The lowest BCUT2D eigenvalue weighted by Gasteiger charge is -2.12. The second kappa shape index (κ2) is 8.98. The Kier molecular flexibility index (Phi) is 6.69. The number of ether oxygens (including phenoxy) is 2. The maximum Gasteiger partial charge on any atom is 0.224 e. The zero-order chi connectivity index (χ0) is 17.4. The van der Waals surface area contributed by atoms with Crippen molar-refractivity contribution in [3.63, 3.8) is 0 Å². The maximum atomic E-state index is 13.4. The van der Waals surface area contributed by atoms with Crippen LogP contribution in [0.5, 0.6) is 5.75 Å². The molecule has 2 aromatic rings. The Hall–Kier alpha value is -2.47. The lowest BCUT2D eigenvalue weighted by molar-refractivity contribution is -0.116. The Labute approximate surface area is 139 Å². The standard InChI is InChI=1S/C18H19F2NO3/c1-23-9-10-24-17-7-6-15(20)12-16(17)21-18(22)8-5-13-3-2-4-14(19)11-13/h2-4,6-7,11-12H,5,8-10H2,1H3,(H,21,22). The molecule has 2 aromatic carbocycles. The Morgan fingerprint density at radius 2 is 1.88 bits per heavy atom. The minimum Gasteiger partial charge on any atom is -0.489 e. The third-order valence-corrected chi connectivity index (χ3v) is 3.29. The number of carbonyl (C=O) groups excluding carboxylic acids is 1. The van der Waals surface area contributed by atoms with Gasteiger partial charge in [-0.25, -0.2) is 8.78 Å². The highest BCUT2D eigenvalue weighted by atomic mass is 19.1. The summed E-state index contributed by atoms with van der Waals surface area (Å²) in [6, 6.07) is 9.98. The monoisotopic (exact) mass is 335 g/mol. The van der Waals surface area contributed by atoms with Crippen LogP contribution in [0.3, 0.4) is 0 Å². The molecule has 0 radical (unpaired) electrons. The van der Waals surface area contributed by atoms with Crippen LogP contribution in [0, 0.1) is 11.6 Å². The van der Waals surface area contributed by atoms with Crippen LogP contribution in [0.15, 0.2) is 42.5 Å². The number of carbonyl (C=O) groups is 1. The van der Waals surface area contributed by atoms with Crippen molar-refractivity contribution in [2.24, 2.45) is 0 Å². The second-order valence-corrected chi connectivity index (χ2v) is 5.16. The minimum atomic E-state index is -0.477. The van der Waals surface area contributed by atoms with Crippen molar-refractivity contribution < 1.29 is 23.0 Å². The van der Waals surface area contributed by atoms with Gasteiger partial charge in [0.1, 0.15) is 24.0 Å². The van der Waals surface area contributed by atoms with Crippen LogP contribution in [0.25, 0.3) is 0 Å². The highest BCUT2D eigenvalue weighted by molar-refractivity contribution is 5.92. The summed E-state index contributed by atoms with van der Waals surface area (Å²) < 4.78 is 36.9. The molecule has 0 saturated carbocycles. The quantitative estimate of drug-likeness (QED) is 0.751. The van der Waals surface area contributed by atoms with E-state index in [4.69, 9.17) is 9.47 Å². The van der Waals surface area contributed by atoms with Gasteiger partial charge in [0.25, 0.3) is 0 Å². The molecule has 0 atom stereocenters. The van der Waals surface area contributed by atoms with E-state index in [-0.39, 0.29) is 30.4 Å². The molecule has 0 spiro atoms. The van der Waals surface area contributed by atoms with E-state index in [1.807, 2.05) is 0 Å². The van der Waals surface area contributed by atoms with E-state index in [1.54, 1.807) is 19.2 Å². The summed E-state index contributed by atoms with van der Waals surface area (Å²) in [5, 5.41) is 2.62. The fraction of sp³-hybridized carbons (Fsp3) is 0.278. The molecular weight excluding hydrogens is 316 g/mol. The van der Waals surface area contributed by atoms with Crippen LogP contribution >= 0.6 is 0 Å². The average molecular weight is 335 g/mol. The van der Waals surface area contributed by atoms with Gasteiger partial charge < -0.3 is 14.8 Å². The van der Waals surface area contributed by atoms with Gasteiger partial charge in [0.05, 0.1) is 12.3 Å². The summed E-state index contributed by atoms with van der Waals surface area (Å²) in [6.45, 7) is 0.665. The van der Waals surface area contributed by atoms with Gasteiger partial charge in [-0.15, -0.1) is 0 Å². The second-order valence-electron chi connectivity index (χ2n) is 5.16. The number of anilines is 1. The Morgan fingerprint density at radius 3 is 2.62 bits per heavy atom. The van der Waals surface area contributed by atoms with E-state index < -0.39 is 5.82 Å². The van der Waals surface area contributed by atoms with E-state index >= 15 is 0 Å².